The van der Waals surface area contributed by atoms with Crippen molar-refractivity contribution in [2.24, 2.45) is 0 Å². The molecule has 246 valence electrons. The molecule has 0 N–H and O–H groups in total. The molecule has 2 atom stereocenters. The fraction of sp³-hybridized carbons (Fsp3) is 0.130. The van der Waals surface area contributed by atoms with E-state index < -0.39 is 0 Å². The molecular formula is C46H35N3S2. The lowest BCUT2D eigenvalue weighted by Crippen LogP contribution is -2.30. The summed E-state index contributed by atoms with van der Waals surface area (Å²) in [5, 5.41) is 4.13. The first-order valence-corrected chi connectivity index (χ1v) is 19.3. The number of hydrogen-bond donors (Lipinski definition) is 0. The number of hydrogen-bond acceptors (Lipinski definition) is 4. The van der Waals surface area contributed by atoms with Crippen LogP contribution in [0, 0.1) is 0 Å². The minimum atomic E-state index is -0.285. The molecule has 0 radical (unpaired) electrons. The second kappa shape index (κ2) is 12.0. The van der Waals surface area contributed by atoms with Crippen LogP contribution in [-0.4, -0.2) is 14.5 Å². The van der Waals surface area contributed by atoms with Gasteiger partial charge < -0.3 is 4.57 Å². The molecule has 0 bridgehead atoms. The predicted octanol–water partition coefficient (Wildman–Crippen LogP) is 12.8. The standard InChI is InChI=1S/C46H35N3S2/c1-29-14-13-21-37-40(29)41-33-19-9-10-20-34(33)43-44(51-39-23-12-11-22-38(39)50-43)42(41)49(37)46(2)26-24-31(25-27-46)36-28-35(30-15-5-3-6-16-30)47-45(48-36)32-17-7-4-8-18-32/h3-13,15-26,28-29H,14,27H2,1-2H3. The molecule has 3 heterocycles. The number of fused-ring (bicyclic) bond motifs is 9. The van der Waals surface area contributed by atoms with E-state index in [2.05, 4.69) is 140 Å². The molecule has 2 aromatic heterocycles. The first kappa shape index (κ1) is 30.7. The maximum atomic E-state index is 5.15. The minimum absolute atomic E-state index is 0.285. The zero-order valence-corrected chi connectivity index (χ0v) is 30.1. The van der Waals surface area contributed by atoms with Crippen LogP contribution in [-0.2, 0) is 5.54 Å². The largest absolute Gasteiger partial charge is 0.330 e. The highest BCUT2D eigenvalue weighted by atomic mass is 32.2. The lowest BCUT2D eigenvalue weighted by Gasteiger charge is -2.34. The second-order valence-electron chi connectivity index (χ2n) is 14.0. The first-order chi connectivity index (χ1) is 25.1. The summed E-state index contributed by atoms with van der Waals surface area (Å²) < 4.78 is 2.69. The molecule has 10 rings (SSSR count). The molecule has 0 fully saturated rings. The number of rotatable bonds is 4. The smallest absolute Gasteiger partial charge is 0.160 e. The lowest BCUT2D eigenvalue weighted by atomic mass is 9.87. The van der Waals surface area contributed by atoms with Crippen molar-refractivity contribution in [2.45, 2.75) is 57.7 Å². The molecule has 2 unspecified atom stereocenters. The quantitative estimate of drug-likeness (QED) is 0.184. The molecule has 3 aliphatic rings. The first-order valence-electron chi connectivity index (χ1n) is 17.7. The molecule has 1 aliphatic heterocycles. The Bertz CT molecular complexity index is 2560. The molecule has 0 saturated carbocycles. The van der Waals surface area contributed by atoms with Gasteiger partial charge in [0, 0.05) is 36.9 Å². The maximum Gasteiger partial charge on any atom is 0.160 e. The van der Waals surface area contributed by atoms with Crippen LogP contribution in [0.1, 0.15) is 49.6 Å². The van der Waals surface area contributed by atoms with E-state index in [0.717, 1.165) is 46.8 Å². The molecule has 5 aromatic carbocycles. The fourth-order valence-electron chi connectivity index (χ4n) is 8.10. The van der Waals surface area contributed by atoms with Crippen LogP contribution in [0.5, 0.6) is 0 Å². The normalized spacial score (nSPS) is 19.1. The van der Waals surface area contributed by atoms with E-state index in [4.69, 9.17) is 9.97 Å². The summed E-state index contributed by atoms with van der Waals surface area (Å²) in [4.78, 5) is 15.6. The van der Waals surface area contributed by atoms with Gasteiger partial charge in [0.15, 0.2) is 5.82 Å². The van der Waals surface area contributed by atoms with Gasteiger partial charge in [-0.15, -0.1) is 0 Å². The van der Waals surface area contributed by atoms with E-state index >= 15 is 0 Å². The molecule has 51 heavy (non-hydrogen) atoms. The highest BCUT2D eigenvalue weighted by Crippen LogP contribution is 2.57. The van der Waals surface area contributed by atoms with Crippen molar-refractivity contribution in [1.29, 1.82) is 0 Å². The van der Waals surface area contributed by atoms with Gasteiger partial charge >= 0.3 is 0 Å². The van der Waals surface area contributed by atoms with E-state index in [9.17, 15) is 0 Å². The van der Waals surface area contributed by atoms with Gasteiger partial charge in [-0.05, 0) is 71.9 Å². The summed E-state index contributed by atoms with van der Waals surface area (Å²) in [5.74, 6) is 1.17. The van der Waals surface area contributed by atoms with Gasteiger partial charge in [0.25, 0.3) is 0 Å². The topological polar surface area (TPSA) is 30.7 Å². The van der Waals surface area contributed by atoms with Crippen molar-refractivity contribution in [3.05, 3.63) is 157 Å². The third-order valence-electron chi connectivity index (χ3n) is 10.6. The van der Waals surface area contributed by atoms with E-state index in [0.29, 0.717) is 5.92 Å². The van der Waals surface area contributed by atoms with E-state index in [-0.39, 0.29) is 5.54 Å². The van der Waals surface area contributed by atoms with Gasteiger partial charge in [0.2, 0.25) is 0 Å². The minimum Gasteiger partial charge on any atom is -0.330 e. The van der Waals surface area contributed by atoms with Crippen LogP contribution >= 0.6 is 23.5 Å². The Labute approximate surface area is 306 Å². The Morgan fingerprint density at radius 2 is 1.35 bits per heavy atom. The van der Waals surface area contributed by atoms with Crippen LogP contribution in [0.25, 0.3) is 56.0 Å². The van der Waals surface area contributed by atoms with Gasteiger partial charge in [-0.2, -0.15) is 0 Å². The molecular weight excluding hydrogens is 659 g/mol. The summed E-state index contributed by atoms with van der Waals surface area (Å²) >= 11 is 3.87. The zero-order chi connectivity index (χ0) is 34.1. The van der Waals surface area contributed by atoms with Crippen molar-refractivity contribution in [3.8, 4) is 22.6 Å². The average Bonchev–Trinajstić information content (AvgIpc) is 3.56. The van der Waals surface area contributed by atoms with E-state index in [1.165, 1.54) is 52.5 Å². The van der Waals surface area contributed by atoms with Gasteiger partial charge in [-0.3, -0.25) is 0 Å². The molecule has 3 nitrogen and oxygen atoms in total. The Hall–Kier alpha value is -5.10. The van der Waals surface area contributed by atoms with E-state index in [1.807, 2.05) is 47.8 Å². The Morgan fingerprint density at radius 1 is 0.706 bits per heavy atom. The summed E-state index contributed by atoms with van der Waals surface area (Å²) in [7, 11) is 0. The van der Waals surface area contributed by atoms with Crippen LogP contribution < -0.4 is 0 Å². The summed E-state index contributed by atoms with van der Waals surface area (Å²) in [5.41, 5.74) is 9.01. The summed E-state index contributed by atoms with van der Waals surface area (Å²) in [6.07, 6.45) is 13.8. The van der Waals surface area contributed by atoms with Crippen molar-refractivity contribution >= 4 is 56.8 Å². The van der Waals surface area contributed by atoms with Crippen LogP contribution in [0.3, 0.4) is 0 Å². The monoisotopic (exact) mass is 693 g/mol. The molecule has 5 heteroatoms. The third-order valence-corrected chi connectivity index (χ3v) is 13.3. The van der Waals surface area contributed by atoms with Crippen LogP contribution in [0.4, 0.5) is 0 Å². The predicted molar refractivity (Wildman–Crippen MR) is 214 cm³/mol. The van der Waals surface area contributed by atoms with Crippen molar-refractivity contribution in [1.82, 2.24) is 14.5 Å². The average molecular weight is 694 g/mol. The highest BCUT2D eigenvalue weighted by molar-refractivity contribution is 8.05. The fourth-order valence-corrected chi connectivity index (χ4v) is 10.6. The summed E-state index contributed by atoms with van der Waals surface area (Å²) in [6.45, 7) is 4.81. The number of nitrogens with zero attached hydrogens (tertiary/aromatic N) is 3. The number of benzene rings is 5. The highest BCUT2D eigenvalue weighted by Gasteiger charge is 2.36. The molecule has 7 aromatic rings. The second-order valence-corrected chi connectivity index (χ2v) is 16.1. The van der Waals surface area contributed by atoms with E-state index in [1.54, 1.807) is 0 Å². The van der Waals surface area contributed by atoms with Gasteiger partial charge in [0.05, 0.1) is 27.3 Å². The zero-order valence-electron chi connectivity index (χ0n) is 28.5. The van der Waals surface area contributed by atoms with Crippen molar-refractivity contribution < 1.29 is 0 Å². The van der Waals surface area contributed by atoms with Gasteiger partial charge in [0.1, 0.15) is 0 Å². The maximum absolute atomic E-state index is 5.15. The van der Waals surface area contributed by atoms with Gasteiger partial charge in [-0.1, -0.05) is 152 Å². The van der Waals surface area contributed by atoms with Gasteiger partial charge in [-0.25, -0.2) is 9.97 Å². The Kier molecular flexibility index (Phi) is 7.23. The van der Waals surface area contributed by atoms with Crippen LogP contribution in [0.2, 0.25) is 0 Å². The number of aromatic nitrogens is 3. The summed E-state index contributed by atoms with van der Waals surface area (Å²) in [6, 6.07) is 40.8. The molecule has 2 aliphatic carbocycles. The molecule has 0 saturated heterocycles. The van der Waals surface area contributed by atoms with Crippen molar-refractivity contribution in [2.75, 3.05) is 0 Å². The Balaban J connectivity index is 1.15. The van der Waals surface area contributed by atoms with Crippen LogP contribution in [0.15, 0.2) is 159 Å². The Morgan fingerprint density at radius 3 is 2.08 bits per heavy atom. The number of allylic oxidation sites excluding steroid dienone is 5. The lowest BCUT2D eigenvalue weighted by molar-refractivity contribution is 0.420. The third kappa shape index (κ3) is 4.97. The van der Waals surface area contributed by atoms with Crippen molar-refractivity contribution in [3.63, 3.8) is 0 Å². The molecule has 0 amide bonds. The SMILES string of the molecule is CC1CC=Cc2c1c1c3ccccc3c3c(c1n2C1(C)C=CC(c2cc(-c4ccccc4)nc(-c4ccccc4)n2)=CC1)Sc1ccccc1S3. The molecule has 0 spiro atoms.